The van der Waals surface area contributed by atoms with Crippen LogP contribution in [0, 0.1) is 11.8 Å². The van der Waals surface area contributed by atoms with Crippen molar-refractivity contribution in [3.63, 3.8) is 0 Å². The van der Waals surface area contributed by atoms with Gasteiger partial charge >= 0.3 is 0 Å². The Hall–Kier alpha value is -2.41. The van der Waals surface area contributed by atoms with Crippen LogP contribution in [0.15, 0.2) is 41.7 Å². The van der Waals surface area contributed by atoms with Crippen molar-refractivity contribution in [1.29, 1.82) is 0 Å². The third-order valence-corrected chi connectivity index (χ3v) is 7.42. The van der Waals surface area contributed by atoms with Gasteiger partial charge in [-0.05, 0) is 43.7 Å². The van der Waals surface area contributed by atoms with Gasteiger partial charge in [0.05, 0.1) is 10.1 Å². The van der Waals surface area contributed by atoms with E-state index in [0.717, 1.165) is 36.9 Å². The molecule has 2 heterocycles. The molecule has 154 valence electrons. The van der Waals surface area contributed by atoms with E-state index in [2.05, 4.69) is 6.58 Å². The maximum absolute atomic E-state index is 12.9. The van der Waals surface area contributed by atoms with Crippen molar-refractivity contribution < 1.29 is 9.59 Å². The first-order chi connectivity index (χ1) is 14.0. The summed E-state index contributed by atoms with van der Waals surface area (Å²) in [5.74, 6) is 0.463. The number of hydrogen-bond donors (Lipinski definition) is 0. The summed E-state index contributed by atoms with van der Waals surface area (Å²) >= 11 is 1.32. The lowest BCUT2D eigenvalue weighted by Gasteiger charge is -2.38. The zero-order valence-electron chi connectivity index (χ0n) is 16.8. The molecule has 2 amide bonds. The molecule has 3 atom stereocenters. The van der Waals surface area contributed by atoms with Gasteiger partial charge in [0.1, 0.15) is 6.54 Å². The third kappa shape index (κ3) is 3.75. The maximum Gasteiger partial charge on any atom is 0.268 e. The minimum atomic E-state index is -0.120. The van der Waals surface area contributed by atoms with E-state index in [9.17, 15) is 14.4 Å². The van der Waals surface area contributed by atoms with E-state index in [1.807, 2.05) is 29.2 Å². The van der Waals surface area contributed by atoms with Gasteiger partial charge < -0.3 is 9.80 Å². The van der Waals surface area contributed by atoms with Crippen molar-refractivity contribution in [2.75, 3.05) is 20.1 Å². The molecular weight excluding hydrogens is 386 g/mol. The Morgan fingerprint density at radius 1 is 1.28 bits per heavy atom. The van der Waals surface area contributed by atoms with Crippen molar-refractivity contribution in [1.82, 2.24) is 13.8 Å². The summed E-state index contributed by atoms with van der Waals surface area (Å²) < 4.78 is 2.40. The molecule has 2 fully saturated rings. The number of aromatic nitrogens is 1. The van der Waals surface area contributed by atoms with E-state index < -0.39 is 0 Å². The summed E-state index contributed by atoms with van der Waals surface area (Å²) in [6.45, 7) is 5.16. The van der Waals surface area contributed by atoms with Gasteiger partial charge in [-0.1, -0.05) is 29.7 Å². The number of allylic oxidation sites excluding steroid dienone is 1. The summed E-state index contributed by atoms with van der Waals surface area (Å²) in [5.41, 5.74) is -0.120. The third-order valence-electron chi connectivity index (χ3n) is 6.35. The molecule has 1 aromatic carbocycles. The number of carbonyl (C=O) groups is 2. The molecule has 6 nitrogen and oxygen atoms in total. The van der Waals surface area contributed by atoms with Crippen LogP contribution in [0.1, 0.15) is 25.7 Å². The summed E-state index contributed by atoms with van der Waals surface area (Å²) in [7, 11) is 1.76. The summed E-state index contributed by atoms with van der Waals surface area (Å²) in [4.78, 5) is 41.8. The van der Waals surface area contributed by atoms with Crippen LogP contribution in [0.2, 0.25) is 0 Å². The normalized spacial score (nSPS) is 23.8. The number of carbonyl (C=O) groups excluding carboxylic acids is 2. The Balaban J connectivity index is 1.40. The van der Waals surface area contributed by atoms with Gasteiger partial charge in [-0.25, -0.2) is 0 Å². The first-order valence-electron chi connectivity index (χ1n) is 10.3. The summed E-state index contributed by atoms with van der Waals surface area (Å²) in [6, 6.07) is 7.46. The van der Waals surface area contributed by atoms with Crippen LogP contribution in [0.25, 0.3) is 10.1 Å². The van der Waals surface area contributed by atoms with Crippen molar-refractivity contribution >= 4 is 33.4 Å². The average Bonchev–Trinajstić information content (AvgIpc) is 3.26. The Kier molecular flexibility index (Phi) is 5.58. The number of rotatable bonds is 6. The highest BCUT2D eigenvalue weighted by Crippen LogP contribution is 2.37. The minimum Gasteiger partial charge on any atom is -0.342 e. The van der Waals surface area contributed by atoms with Gasteiger partial charge in [0.15, 0.2) is 0 Å². The first kappa shape index (κ1) is 19.9. The van der Waals surface area contributed by atoms with Crippen molar-refractivity contribution in [2.45, 2.75) is 38.3 Å². The van der Waals surface area contributed by atoms with Crippen LogP contribution in [0.5, 0.6) is 0 Å². The van der Waals surface area contributed by atoms with Gasteiger partial charge in [0.25, 0.3) is 5.56 Å². The zero-order valence-corrected chi connectivity index (χ0v) is 17.6. The van der Waals surface area contributed by atoms with Crippen molar-refractivity contribution in [2.24, 2.45) is 11.8 Å². The van der Waals surface area contributed by atoms with Crippen molar-refractivity contribution in [3.05, 3.63) is 47.3 Å². The van der Waals surface area contributed by atoms with Crippen LogP contribution in [-0.2, 0) is 16.1 Å². The van der Waals surface area contributed by atoms with E-state index in [4.69, 9.17) is 0 Å². The fourth-order valence-electron chi connectivity index (χ4n) is 4.43. The molecule has 1 saturated carbocycles. The highest BCUT2D eigenvalue weighted by atomic mass is 32.1. The standard InChI is InChI=1S/C22H27N3O3S/c1-3-15-10-11-17(15)21(27)24-12-6-7-16(24)13-23(2)20(26)14-25-22(28)18-8-4-5-9-19(18)29-25/h3-5,8-9,15-17H,1,6-7,10-14H2,2H3/t15-,16+,17-/m1/s1. The Morgan fingerprint density at radius 3 is 2.76 bits per heavy atom. The van der Waals surface area contributed by atoms with Gasteiger partial charge in [-0.2, -0.15) is 0 Å². The average molecular weight is 414 g/mol. The lowest BCUT2D eigenvalue weighted by atomic mass is 9.73. The topological polar surface area (TPSA) is 62.6 Å². The monoisotopic (exact) mass is 413 g/mol. The molecule has 4 rings (SSSR count). The quantitative estimate of drug-likeness (QED) is 0.684. The molecule has 29 heavy (non-hydrogen) atoms. The fourth-order valence-corrected chi connectivity index (χ4v) is 5.41. The highest BCUT2D eigenvalue weighted by Gasteiger charge is 2.40. The number of hydrogen-bond acceptors (Lipinski definition) is 4. The molecule has 0 bridgehead atoms. The van der Waals surface area contributed by atoms with E-state index in [1.165, 1.54) is 15.5 Å². The number of fused-ring (bicyclic) bond motifs is 1. The van der Waals surface area contributed by atoms with E-state index >= 15 is 0 Å². The summed E-state index contributed by atoms with van der Waals surface area (Å²) in [5, 5.41) is 0.651. The number of amides is 2. The van der Waals surface area contributed by atoms with Crippen LogP contribution in [0.3, 0.4) is 0 Å². The lowest BCUT2D eigenvalue weighted by Crippen LogP contribution is -2.49. The molecule has 0 N–H and O–H groups in total. The SMILES string of the molecule is C=C[C@@H]1CC[C@H]1C(=O)N1CCC[C@H]1CN(C)C(=O)Cn1sc2ccccc2c1=O. The predicted octanol–water partition coefficient (Wildman–Crippen LogP) is 2.72. The largest absolute Gasteiger partial charge is 0.342 e. The number of likely N-dealkylation sites (tertiary alicyclic amines) is 1. The van der Waals surface area contributed by atoms with Crippen molar-refractivity contribution in [3.8, 4) is 0 Å². The second-order valence-electron chi connectivity index (χ2n) is 8.11. The molecule has 7 heteroatoms. The molecule has 1 aromatic heterocycles. The first-order valence-corrected chi connectivity index (χ1v) is 11.0. The van der Waals surface area contributed by atoms with Gasteiger partial charge in [0.2, 0.25) is 11.8 Å². The Morgan fingerprint density at radius 2 is 2.07 bits per heavy atom. The Labute approximate surface area is 174 Å². The van der Waals surface area contributed by atoms with Gasteiger partial charge in [-0.15, -0.1) is 6.58 Å². The number of likely N-dealkylation sites (N-methyl/N-ethyl adjacent to an activating group) is 1. The predicted molar refractivity (Wildman–Crippen MR) is 115 cm³/mol. The van der Waals surface area contributed by atoms with Crippen LogP contribution < -0.4 is 5.56 Å². The van der Waals surface area contributed by atoms with Crippen LogP contribution >= 0.6 is 11.5 Å². The molecule has 1 saturated heterocycles. The smallest absolute Gasteiger partial charge is 0.268 e. The van der Waals surface area contributed by atoms with Gasteiger partial charge in [-0.3, -0.25) is 18.3 Å². The molecule has 1 aliphatic heterocycles. The molecule has 2 aliphatic rings. The second kappa shape index (κ2) is 8.14. The molecule has 0 spiro atoms. The van der Waals surface area contributed by atoms with Gasteiger partial charge in [0, 0.05) is 32.1 Å². The summed E-state index contributed by atoms with van der Waals surface area (Å²) in [6.07, 6.45) is 5.76. The molecule has 0 radical (unpaired) electrons. The minimum absolute atomic E-state index is 0.0382. The second-order valence-corrected chi connectivity index (χ2v) is 9.18. The highest BCUT2D eigenvalue weighted by molar-refractivity contribution is 7.13. The van der Waals surface area contributed by atoms with E-state index in [-0.39, 0.29) is 35.9 Å². The lowest BCUT2D eigenvalue weighted by molar-refractivity contribution is -0.142. The molecule has 1 aliphatic carbocycles. The maximum atomic E-state index is 12.9. The van der Waals surface area contributed by atoms with E-state index in [0.29, 0.717) is 17.8 Å². The van der Waals surface area contributed by atoms with Crippen LogP contribution in [0.4, 0.5) is 0 Å². The van der Waals surface area contributed by atoms with E-state index in [1.54, 1.807) is 18.0 Å². The fraction of sp³-hybridized carbons (Fsp3) is 0.500. The molecule has 0 unspecified atom stereocenters. The number of nitrogens with zero attached hydrogens (tertiary/aromatic N) is 3. The molecule has 2 aromatic rings. The molecular formula is C22H27N3O3S. The number of benzene rings is 1. The zero-order chi connectivity index (χ0) is 20.5. The Bertz CT molecular complexity index is 995. The van der Waals surface area contributed by atoms with Crippen LogP contribution in [-0.4, -0.2) is 51.7 Å².